The molecule has 0 radical (unpaired) electrons. The zero-order chi connectivity index (χ0) is 23.9. The summed E-state index contributed by atoms with van der Waals surface area (Å²) in [6.45, 7) is 2.95. The highest BCUT2D eigenvalue weighted by atomic mass is 32.2. The van der Waals surface area contributed by atoms with Gasteiger partial charge in [-0.05, 0) is 87.4 Å². The minimum atomic E-state index is -0.198. The molecule has 34 heavy (non-hydrogen) atoms. The van der Waals surface area contributed by atoms with Crippen LogP contribution in [0.25, 0.3) is 5.69 Å². The third kappa shape index (κ3) is 5.96. The first-order valence-corrected chi connectivity index (χ1v) is 12.7. The number of carbonyl (C=O) groups is 2. The van der Waals surface area contributed by atoms with E-state index >= 15 is 0 Å². The second-order valence-corrected chi connectivity index (χ2v) is 8.96. The number of ether oxygens (including phenoxy) is 1. The van der Waals surface area contributed by atoms with Crippen LogP contribution < -0.4 is 15.4 Å². The number of nitrogens with one attached hydrogen (secondary N) is 2. The average molecular weight is 480 g/mol. The maximum absolute atomic E-state index is 12.8. The number of thioether (sulfide) groups is 1. The third-order valence-corrected chi connectivity index (χ3v) is 6.23. The monoisotopic (exact) mass is 479 g/mol. The molecule has 1 aliphatic carbocycles. The number of carbonyl (C=O) groups excluding carboxylic acids is 2. The first-order valence-electron chi connectivity index (χ1n) is 11.5. The van der Waals surface area contributed by atoms with Gasteiger partial charge in [-0.15, -0.1) is 16.9 Å². The molecule has 1 fully saturated rings. The zero-order valence-electron chi connectivity index (χ0n) is 19.4. The van der Waals surface area contributed by atoms with E-state index in [1.807, 2.05) is 49.6 Å². The van der Waals surface area contributed by atoms with Crippen LogP contribution >= 0.6 is 11.8 Å². The van der Waals surface area contributed by atoms with Crippen LogP contribution in [0.1, 0.15) is 52.7 Å². The number of amides is 2. The molecule has 2 N–H and O–H groups in total. The Morgan fingerprint density at radius 2 is 1.82 bits per heavy atom. The summed E-state index contributed by atoms with van der Waals surface area (Å²) in [6.07, 6.45) is 5.30. The van der Waals surface area contributed by atoms with Gasteiger partial charge in [-0.25, -0.2) is 4.68 Å². The number of hydrogen-bond acceptors (Lipinski definition) is 6. The molecule has 0 atom stereocenters. The van der Waals surface area contributed by atoms with Crippen molar-refractivity contribution in [3.05, 3.63) is 65.5 Å². The fourth-order valence-corrected chi connectivity index (χ4v) is 3.92. The maximum Gasteiger partial charge on any atom is 0.273 e. The van der Waals surface area contributed by atoms with Crippen LogP contribution in [-0.4, -0.2) is 52.3 Å². The Kier molecular flexibility index (Phi) is 7.84. The van der Waals surface area contributed by atoms with Crippen LogP contribution in [0.15, 0.2) is 53.4 Å². The molecule has 0 spiro atoms. The minimum Gasteiger partial charge on any atom is -0.494 e. The number of hydrogen-bond donors (Lipinski definition) is 2. The number of benzene rings is 2. The Hall–Kier alpha value is -3.33. The second kappa shape index (κ2) is 11.2. The van der Waals surface area contributed by atoms with Gasteiger partial charge in [-0.3, -0.25) is 9.59 Å². The largest absolute Gasteiger partial charge is 0.494 e. The van der Waals surface area contributed by atoms with Gasteiger partial charge in [0, 0.05) is 23.0 Å². The summed E-state index contributed by atoms with van der Waals surface area (Å²) < 4.78 is 7.56. The molecule has 0 saturated heterocycles. The van der Waals surface area contributed by atoms with Gasteiger partial charge in [0.2, 0.25) is 0 Å². The molecule has 178 valence electrons. The van der Waals surface area contributed by atoms with Gasteiger partial charge in [-0.1, -0.05) is 5.21 Å². The van der Waals surface area contributed by atoms with Gasteiger partial charge in [0.1, 0.15) is 5.75 Å². The van der Waals surface area contributed by atoms with E-state index in [0.717, 1.165) is 30.0 Å². The number of nitrogens with zero attached hydrogens (tertiary/aromatic N) is 3. The van der Waals surface area contributed by atoms with Crippen molar-refractivity contribution in [2.24, 2.45) is 0 Å². The standard InChI is InChI=1S/C25H29N5O3S/c1-3-26-24(31)17-6-10-19(11-7-17)30-22(23(28-29-30)25(32)27-18-8-9-18)5-4-16-33-20-12-14-21(34-2)15-13-20/h6-7,10-15,18H,3-5,8-9,16H2,1-2H3,(H,26,31)(H,27,32). The minimum absolute atomic E-state index is 0.125. The maximum atomic E-state index is 12.8. The van der Waals surface area contributed by atoms with Crippen LogP contribution in [0.3, 0.4) is 0 Å². The van der Waals surface area contributed by atoms with Gasteiger partial charge in [0.15, 0.2) is 5.69 Å². The van der Waals surface area contributed by atoms with E-state index in [4.69, 9.17) is 4.74 Å². The van der Waals surface area contributed by atoms with Gasteiger partial charge in [0.05, 0.1) is 18.0 Å². The van der Waals surface area contributed by atoms with E-state index in [-0.39, 0.29) is 17.9 Å². The molecule has 9 heteroatoms. The van der Waals surface area contributed by atoms with Crippen molar-refractivity contribution < 1.29 is 14.3 Å². The van der Waals surface area contributed by atoms with Crippen molar-refractivity contribution in [1.29, 1.82) is 0 Å². The van der Waals surface area contributed by atoms with Crippen molar-refractivity contribution in [3.63, 3.8) is 0 Å². The Labute approximate surface area is 203 Å². The van der Waals surface area contributed by atoms with Crippen LogP contribution in [0.5, 0.6) is 5.75 Å². The summed E-state index contributed by atoms with van der Waals surface area (Å²) in [5.41, 5.74) is 2.38. The summed E-state index contributed by atoms with van der Waals surface area (Å²) in [6, 6.07) is 15.3. The Morgan fingerprint density at radius 1 is 1.09 bits per heavy atom. The Bertz CT molecular complexity index is 1120. The predicted octanol–water partition coefficient (Wildman–Crippen LogP) is 3.64. The van der Waals surface area contributed by atoms with Crippen molar-refractivity contribution >= 4 is 23.6 Å². The first kappa shape index (κ1) is 23.8. The summed E-state index contributed by atoms with van der Waals surface area (Å²) in [5.74, 6) is 0.494. The molecule has 1 heterocycles. The van der Waals surface area contributed by atoms with Gasteiger partial charge < -0.3 is 15.4 Å². The third-order valence-electron chi connectivity index (χ3n) is 5.49. The van der Waals surface area contributed by atoms with Crippen molar-refractivity contribution in [3.8, 4) is 11.4 Å². The van der Waals surface area contributed by atoms with Crippen LogP contribution in [-0.2, 0) is 6.42 Å². The van der Waals surface area contributed by atoms with E-state index in [0.29, 0.717) is 37.3 Å². The molecule has 1 aliphatic rings. The molecule has 2 aromatic carbocycles. The normalized spacial score (nSPS) is 12.9. The summed E-state index contributed by atoms with van der Waals surface area (Å²) in [7, 11) is 0. The molecule has 1 saturated carbocycles. The van der Waals surface area contributed by atoms with Crippen LogP contribution in [0.4, 0.5) is 0 Å². The van der Waals surface area contributed by atoms with Crippen molar-refractivity contribution in [2.45, 2.75) is 43.5 Å². The number of rotatable bonds is 11. The predicted molar refractivity (Wildman–Crippen MR) is 132 cm³/mol. The quantitative estimate of drug-likeness (QED) is 0.322. The molecule has 0 aliphatic heterocycles. The van der Waals surface area contributed by atoms with Gasteiger partial charge >= 0.3 is 0 Å². The summed E-state index contributed by atoms with van der Waals surface area (Å²) in [4.78, 5) is 26.0. The highest BCUT2D eigenvalue weighted by Crippen LogP contribution is 2.22. The molecule has 1 aromatic heterocycles. The molecule has 8 nitrogen and oxygen atoms in total. The first-order chi connectivity index (χ1) is 16.6. The fourth-order valence-electron chi connectivity index (χ4n) is 3.51. The molecule has 0 unspecified atom stereocenters. The van der Waals surface area contributed by atoms with E-state index in [1.165, 1.54) is 4.90 Å². The van der Waals surface area contributed by atoms with Crippen LogP contribution in [0, 0.1) is 0 Å². The topological polar surface area (TPSA) is 98.1 Å². The van der Waals surface area contributed by atoms with Crippen molar-refractivity contribution in [2.75, 3.05) is 19.4 Å². The molecular formula is C25H29N5O3S. The lowest BCUT2D eigenvalue weighted by Crippen LogP contribution is -2.27. The summed E-state index contributed by atoms with van der Waals surface area (Å²) in [5, 5.41) is 14.2. The van der Waals surface area contributed by atoms with E-state index in [9.17, 15) is 9.59 Å². The van der Waals surface area contributed by atoms with E-state index < -0.39 is 0 Å². The average Bonchev–Trinajstić information content (AvgIpc) is 3.58. The van der Waals surface area contributed by atoms with E-state index in [2.05, 4.69) is 20.9 Å². The van der Waals surface area contributed by atoms with Gasteiger partial charge in [-0.2, -0.15) is 0 Å². The highest BCUT2D eigenvalue weighted by molar-refractivity contribution is 7.98. The van der Waals surface area contributed by atoms with Gasteiger partial charge in [0.25, 0.3) is 11.8 Å². The highest BCUT2D eigenvalue weighted by Gasteiger charge is 2.27. The lowest BCUT2D eigenvalue weighted by molar-refractivity contribution is 0.0940. The molecular weight excluding hydrogens is 450 g/mol. The summed E-state index contributed by atoms with van der Waals surface area (Å²) >= 11 is 1.69. The molecule has 2 amide bonds. The Balaban J connectivity index is 1.48. The lowest BCUT2D eigenvalue weighted by atomic mass is 10.1. The SMILES string of the molecule is CCNC(=O)c1ccc(-n2nnc(C(=O)NC3CC3)c2CCCOc2ccc(SC)cc2)cc1. The van der Waals surface area contributed by atoms with Crippen molar-refractivity contribution in [1.82, 2.24) is 25.6 Å². The second-order valence-electron chi connectivity index (χ2n) is 8.08. The number of aromatic nitrogens is 3. The smallest absolute Gasteiger partial charge is 0.273 e. The van der Waals surface area contributed by atoms with E-state index in [1.54, 1.807) is 28.6 Å². The molecule has 4 rings (SSSR count). The van der Waals surface area contributed by atoms with Crippen LogP contribution in [0.2, 0.25) is 0 Å². The fraction of sp³-hybridized carbons (Fsp3) is 0.360. The molecule has 0 bridgehead atoms. The lowest BCUT2D eigenvalue weighted by Gasteiger charge is -2.10. The molecule has 3 aromatic rings. The zero-order valence-corrected chi connectivity index (χ0v) is 20.2. The Morgan fingerprint density at radius 3 is 2.47 bits per heavy atom.